The van der Waals surface area contributed by atoms with Gasteiger partial charge in [-0.25, -0.2) is 4.79 Å². The van der Waals surface area contributed by atoms with Gasteiger partial charge in [-0.1, -0.05) is 26.0 Å². The van der Waals surface area contributed by atoms with Gasteiger partial charge >= 0.3 is 12.1 Å². The average Bonchev–Trinajstić information content (AvgIpc) is 2.44. The summed E-state index contributed by atoms with van der Waals surface area (Å²) in [7, 11) is 0. The molecule has 1 heterocycles. The van der Waals surface area contributed by atoms with Crippen LogP contribution in [0.1, 0.15) is 25.0 Å². The van der Waals surface area contributed by atoms with Gasteiger partial charge in [-0.2, -0.15) is 13.2 Å². The summed E-state index contributed by atoms with van der Waals surface area (Å²) in [6.07, 6.45) is -6.37. The van der Waals surface area contributed by atoms with Crippen molar-refractivity contribution in [2.24, 2.45) is 0 Å². The highest BCUT2D eigenvalue weighted by molar-refractivity contribution is 5.95. The second-order valence-corrected chi connectivity index (χ2v) is 5.74. The molecule has 0 fully saturated rings. The zero-order valence-electron chi connectivity index (χ0n) is 11.9. The Morgan fingerprint density at radius 3 is 2.45 bits per heavy atom. The van der Waals surface area contributed by atoms with Gasteiger partial charge in [0, 0.05) is 11.0 Å². The number of fused-ring (bicyclic) bond motifs is 1. The number of ether oxygens (including phenoxy) is 1. The molecule has 0 bridgehead atoms. The number of rotatable bonds is 3. The van der Waals surface area contributed by atoms with Crippen LogP contribution >= 0.6 is 0 Å². The van der Waals surface area contributed by atoms with Crippen LogP contribution < -0.4 is 4.74 Å². The van der Waals surface area contributed by atoms with Crippen LogP contribution in [0.3, 0.4) is 0 Å². The van der Waals surface area contributed by atoms with Crippen molar-refractivity contribution in [3.05, 3.63) is 34.9 Å². The van der Waals surface area contributed by atoms with Crippen LogP contribution in [0, 0.1) is 0 Å². The molecule has 2 rings (SSSR count). The maximum Gasteiger partial charge on any atom is 0.430 e. The first-order valence-electron chi connectivity index (χ1n) is 6.50. The third-order valence-corrected chi connectivity index (χ3v) is 3.57. The molecule has 7 heteroatoms. The largest absolute Gasteiger partial charge is 0.478 e. The minimum atomic E-state index is -4.83. The predicted molar refractivity (Wildman–Crippen MR) is 72.6 cm³/mol. The highest BCUT2D eigenvalue weighted by atomic mass is 19.4. The lowest BCUT2D eigenvalue weighted by Gasteiger charge is -2.29. The number of aliphatic hydroxyl groups is 1. The minimum Gasteiger partial charge on any atom is -0.478 e. The molecule has 0 radical (unpaired) electrons. The third-order valence-electron chi connectivity index (χ3n) is 3.57. The summed E-state index contributed by atoms with van der Waals surface area (Å²) in [5.41, 5.74) is -0.644. The van der Waals surface area contributed by atoms with Crippen molar-refractivity contribution in [2.45, 2.75) is 31.5 Å². The first-order valence-corrected chi connectivity index (χ1v) is 6.50. The summed E-state index contributed by atoms with van der Waals surface area (Å²) in [4.78, 5) is 11.0. The van der Waals surface area contributed by atoms with E-state index in [2.05, 4.69) is 0 Å². The molecule has 2 N–H and O–H groups in total. The van der Waals surface area contributed by atoms with Gasteiger partial charge in [-0.05, 0) is 17.7 Å². The number of hydrogen-bond donors (Lipinski definition) is 2. The Hall–Kier alpha value is -2.02. The van der Waals surface area contributed by atoms with Gasteiger partial charge in [0.15, 0.2) is 0 Å². The Balaban J connectivity index is 2.52. The summed E-state index contributed by atoms with van der Waals surface area (Å²) in [5.74, 6) is -1.72. The lowest BCUT2D eigenvalue weighted by molar-refractivity contribution is -0.187. The predicted octanol–water partition coefficient (Wildman–Crippen LogP) is 2.75. The lowest BCUT2D eigenvalue weighted by Crippen LogP contribution is -2.40. The Labute approximate surface area is 124 Å². The van der Waals surface area contributed by atoms with E-state index in [1.165, 1.54) is 12.1 Å². The SMILES string of the molecule is CC(C)(CO)c1ccc2c(c1)OC(C(F)(F)F)C(C(=O)O)=C2. The number of carbonyl (C=O) groups is 1. The molecule has 4 nitrogen and oxygen atoms in total. The maximum absolute atomic E-state index is 13.0. The number of alkyl halides is 3. The Morgan fingerprint density at radius 2 is 1.95 bits per heavy atom. The smallest absolute Gasteiger partial charge is 0.430 e. The number of hydrogen-bond acceptors (Lipinski definition) is 3. The van der Waals surface area contributed by atoms with Crippen LogP contribution in [0.15, 0.2) is 23.8 Å². The van der Waals surface area contributed by atoms with Gasteiger partial charge in [-0.15, -0.1) is 0 Å². The first-order chi connectivity index (χ1) is 10.1. The van der Waals surface area contributed by atoms with Crippen molar-refractivity contribution in [3.8, 4) is 5.75 Å². The van der Waals surface area contributed by atoms with Crippen molar-refractivity contribution in [1.29, 1.82) is 0 Å². The molecular weight excluding hydrogens is 301 g/mol. The number of aliphatic hydroxyl groups excluding tert-OH is 1. The van der Waals surface area contributed by atoms with Crippen molar-refractivity contribution < 1.29 is 32.9 Å². The van der Waals surface area contributed by atoms with E-state index in [4.69, 9.17) is 9.84 Å². The minimum absolute atomic E-state index is 0.0497. The third kappa shape index (κ3) is 2.94. The molecule has 1 aromatic carbocycles. The summed E-state index contributed by atoms with van der Waals surface area (Å²) in [6.45, 7) is 3.28. The van der Waals surface area contributed by atoms with Gasteiger partial charge in [0.05, 0.1) is 12.2 Å². The van der Waals surface area contributed by atoms with Crippen LogP contribution in [0.5, 0.6) is 5.75 Å². The van der Waals surface area contributed by atoms with Gasteiger partial charge in [0.25, 0.3) is 0 Å². The van der Waals surface area contributed by atoms with E-state index in [9.17, 15) is 23.1 Å². The molecular formula is C15H15F3O4. The second-order valence-electron chi connectivity index (χ2n) is 5.74. The molecule has 1 aromatic rings. The van der Waals surface area contributed by atoms with E-state index >= 15 is 0 Å². The van der Waals surface area contributed by atoms with Crippen LogP contribution in [0.2, 0.25) is 0 Å². The zero-order valence-corrected chi connectivity index (χ0v) is 11.9. The molecule has 1 aliphatic heterocycles. The van der Waals surface area contributed by atoms with Crippen LogP contribution in [0.25, 0.3) is 6.08 Å². The summed E-state index contributed by atoms with van der Waals surface area (Å²) < 4.78 is 43.8. The van der Waals surface area contributed by atoms with E-state index in [1.807, 2.05) is 0 Å². The zero-order chi connectivity index (χ0) is 16.7. The molecule has 0 saturated carbocycles. The maximum atomic E-state index is 13.0. The topological polar surface area (TPSA) is 66.8 Å². The average molecular weight is 316 g/mol. The normalized spacial score (nSPS) is 18.3. The van der Waals surface area contributed by atoms with Crippen molar-refractivity contribution in [1.82, 2.24) is 0 Å². The lowest BCUT2D eigenvalue weighted by atomic mass is 9.84. The fraction of sp³-hybridized carbons (Fsp3) is 0.400. The first kappa shape index (κ1) is 16.4. The van der Waals surface area contributed by atoms with Gasteiger partial charge in [0.2, 0.25) is 6.10 Å². The Bertz CT molecular complexity index is 632. The number of benzene rings is 1. The molecule has 0 aliphatic carbocycles. The van der Waals surface area contributed by atoms with Gasteiger partial charge < -0.3 is 14.9 Å². The second kappa shape index (κ2) is 5.31. The van der Waals surface area contributed by atoms with Crippen LogP contribution in [-0.4, -0.2) is 35.1 Å². The van der Waals surface area contributed by atoms with Crippen LogP contribution in [-0.2, 0) is 10.2 Å². The summed E-state index contributed by atoms with van der Waals surface area (Å²) in [6, 6.07) is 4.51. The van der Waals surface area contributed by atoms with E-state index in [1.54, 1.807) is 19.9 Å². The van der Waals surface area contributed by atoms with E-state index in [-0.39, 0.29) is 17.9 Å². The number of aliphatic carboxylic acids is 1. The van der Waals surface area contributed by atoms with Crippen molar-refractivity contribution in [2.75, 3.05) is 6.61 Å². The molecule has 0 amide bonds. The van der Waals surface area contributed by atoms with Gasteiger partial charge in [-0.3, -0.25) is 0 Å². The van der Waals surface area contributed by atoms with Crippen molar-refractivity contribution in [3.63, 3.8) is 0 Å². The van der Waals surface area contributed by atoms with Crippen molar-refractivity contribution >= 4 is 12.0 Å². The van der Waals surface area contributed by atoms with Crippen LogP contribution in [0.4, 0.5) is 13.2 Å². The highest BCUT2D eigenvalue weighted by Crippen LogP contribution is 2.39. The van der Waals surface area contributed by atoms with Gasteiger partial charge in [0.1, 0.15) is 5.75 Å². The molecule has 0 saturated heterocycles. The van der Waals surface area contributed by atoms with E-state index in [0.717, 1.165) is 6.08 Å². The number of halogens is 3. The number of carboxylic acid groups (broad SMARTS) is 1. The molecule has 1 aliphatic rings. The highest BCUT2D eigenvalue weighted by Gasteiger charge is 2.48. The quantitative estimate of drug-likeness (QED) is 0.900. The van der Waals surface area contributed by atoms with E-state index in [0.29, 0.717) is 5.56 Å². The molecule has 0 spiro atoms. The summed E-state index contributed by atoms with van der Waals surface area (Å²) in [5, 5.41) is 18.3. The summed E-state index contributed by atoms with van der Waals surface area (Å²) >= 11 is 0. The molecule has 22 heavy (non-hydrogen) atoms. The monoisotopic (exact) mass is 316 g/mol. The van der Waals surface area contributed by atoms with E-state index < -0.39 is 29.2 Å². The molecule has 120 valence electrons. The molecule has 1 unspecified atom stereocenters. The Morgan fingerprint density at radius 1 is 1.32 bits per heavy atom. The fourth-order valence-electron chi connectivity index (χ4n) is 2.12. The standard InChI is InChI=1S/C15H15F3O4/c1-14(2,7-19)9-4-3-8-5-10(13(20)21)12(15(16,17)18)22-11(8)6-9/h3-6,12,19H,7H2,1-2H3,(H,20,21). The molecule has 1 atom stereocenters. The Kier molecular flexibility index (Phi) is 3.95. The fourth-order valence-corrected chi connectivity index (χ4v) is 2.12. The molecule has 0 aromatic heterocycles. The number of carboxylic acids is 1.